The molecule has 0 aromatic carbocycles. The van der Waals surface area contributed by atoms with Crippen molar-refractivity contribution in [2.24, 2.45) is 0 Å². The summed E-state index contributed by atoms with van der Waals surface area (Å²) in [6, 6.07) is 0. The number of rotatable bonds is 5. The van der Waals surface area contributed by atoms with Gasteiger partial charge in [0, 0.05) is 5.88 Å². The number of hydrogen-bond acceptors (Lipinski definition) is 4. The molecule has 6 heteroatoms. The van der Waals surface area contributed by atoms with E-state index in [4.69, 9.17) is 11.6 Å². The zero-order valence-corrected chi connectivity index (χ0v) is 10.8. The van der Waals surface area contributed by atoms with Gasteiger partial charge >= 0.3 is 0 Å². The topological polar surface area (TPSA) is 66.5 Å². The molecule has 2 N–H and O–H groups in total. The zero-order valence-electron chi connectivity index (χ0n) is 10.00. The van der Waals surface area contributed by atoms with E-state index in [1.54, 1.807) is 6.33 Å². The summed E-state index contributed by atoms with van der Waals surface area (Å²) in [4.78, 5) is 15.5. The number of imidazole rings is 1. The molecule has 2 aromatic rings. The van der Waals surface area contributed by atoms with Crippen molar-refractivity contribution in [3.05, 3.63) is 12.7 Å². The van der Waals surface area contributed by atoms with Crippen molar-refractivity contribution in [3.8, 4) is 0 Å². The van der Waals surface area contributed by atoms with Gasteiger partial charge < -0.3 is 10.3 Å². The molecule has 5 nitrogen and oxygen atoms in total. The van der Waals surface area contributed by atoms with Crippen LogP contribution in [0.3, 0.4) is 0 Å². The average Bonchev–Trinajstić information content (AvgIpc) is 2.85. The molecule has 92 valence electrons. The van der Waals surface area contributed by atoms with E-state index in [2.05, 4.69) is 39.1 Å². The molecule has 0 atom stereocenters. The van der Waals surface area contributed by atoms with Crippen LogP contribution in [0.1, 0.15) is 26.7 Å². The standard InChI is InChI=1S/C11H16ClN5/c1-3-11(4-2,5-12)17-10-8-9(14-6-13-8)15-7-16-10/h6-7H,3-5H2,1-2H3,(H2,13,14,15,16,17). The van der Waals surface area contributed by atoms with Gasteiger partial charge in [-0.2, -0.15) is 0 Å². The summed E-state index contributed by atoms with van der Waals surface area (Å²) >= 11 is 6.07. The normalized spacial score (nSPS) is 11.9. The van der Waals surface area contributed by atoms with Gasteiger partial charge in [0.15, 0.2) is 11.5 Å². The molecular weight excluding hydrogens is 238 g/mol. The van der Waals surface area contributed by atoms with Crippen LogP contribution >= 0.6 is 11.6 Å². The van der Waals surface area contributed by atoms with E-state index >= 15 is 0 Å². The third kappa shape index (κ3) is 2.20. The lowest BCUT2D eigenvalue weighted by Crippen LogP contribution is -2.39. The minimum atomic E-state index is -0.131. The Labute approximate surface area is 105 Å². The average molecular weight is 254 g/mol. The molecular formula is C11H16ClN5. The molecule has 0 fully saturated rings. The Bertz CT molecular complexity index is 483. The van der Waals surface area contributed by atoms with Gasteiger partial charge in [0.2, 0.25) is 0 Å². The second-order valence-electron chi connectivity index (χ2n) is 4.07. The molecule has 0 aliphatic rings. The van der Waals surface area contributed by atoms with Crippen LogP contribution in [0.2, 0.25) is 0 Å². The molecule has 2 aromatic heterocycles. The van der Waals surface area contributed by atoms with Crippen LogP contribution in [0.4, 0.5) is 5.82 Å². The van der Waals surface area contributed by atoms with Crippen molar-refractivity contribution in [2.45, 2.75) is 32.2 Å². The summed E-state index contributed by atoms with van der Waals surface area (Å²) < 4.78 is 0. The highest BCUT2D eigenvalue weighted by atomic mass is 35.5. The van der Waals surface area contributed by atoms with Crippen LogP contribution in [0.25, 0.3) is 11.2 Å². The minimum Gasteiger partial charge on any atom is -0.362 e. The lowest BCUT2D eigenvalue weighted by Gasteiger charge is -2.31. The summed E-state index contributed by atoms with van der Waals surface area (Å²) in [6.45, 7) is 4.23. The van der Waals surface area contributed by atoms with Crippen molar-refractivity contribution in [2.75, 3.05) is 11.2 Å². The number of nitrogens with one attached hydrogen (secondary N) is 2. The maximum absolute atomic E-state index is 6.07. The van der Waals surface area contributed by atoms with Gasteiger partial charge in [-0.25, -0.2) is 15.0 Å². The number of H-pyrrole nitrogens is 1. The summed E-state index contributed by atoms with van der Waals surface area (Å²) in [5, 5.41) is 3.42. The number of fused-ring (bicyclic) bond motifs is 1. The van der Waals surface area contributed by atoms with E-state index < -0.39 is 0 Å². The molecule has 2 rings (SSSR count). The number of anilines is 1. The molecule has 0 saturated heterocycles. The fraction of sp³-hybridized carbons (Fsp3) is 0.545. The third-order valence-electron chi connectivity index (χ3n) is 3.22. The van der Waals surface area contributed by atoms with Gasteiger partial charge in [0.05, 0.1) is 11.9 Å². The summed E-state index contributed by atoms with van der Waals surface area (Å²) in [6.07, 6.45) is 5.00. The largest absolute Gasteiger partial charge is 0.362 e. The molecule has 0 radical (unpaired) electrons. The van der Waals surface area contributed by atoms with Gasteiger partial charge in [0.1, 0.15) is 11.8 Å². The van der Waals surface area contributed by atoms with Gasteiger partial charge in [0.25, 0.3) is 0 Å². The third-order valence-corrected chi connectivity index (χ3v) is 3.73. The summed E-state index contributed by atoms with van der Waals surface area (Å²) in [7, 11) is 0. The summed E-state index contributed by atoms with van der Waals surface area (Å²) in [5.41, 5.74) is 1.36. The highest BCUT2D eigenvalue weighted by Crippen LogP contribution is 2.25. The van der Waals surface area contributed by atoms with Crippen LogP contribution in [0.15, 0.2) is 12.7 Å². The molecule has 0 amide bonds. The molecule has 0 unspecified atom stereocenters. The van der Waals surface area contributed by atoms with Crippen LogP contribution in [-0.4, -0.2) is 31.4 Å². The SMILES string of the molecule is CCC(CC)(CCl)Nc1ncnc2nc[nH]c12. The molecule has 0 aliphatic heterocycles. The first kappa shape index (κ1) is 12.1. The van der Waals surface area contributed by atoms with E-state index in [1.807, 2.05) is 0 Å². The Hall–Kier alpha value is -1.36. The van der Waals surface area contributed by atoms with E-state index in [9.17, 15) is 0 Å². The Balaban J connectivity index is 2.37. The van der Waals surface area contributed by atoms with Crippen LogP contribution < -0.4 is 5.32 Å². The number of aromatic amines is 1. The van der Waals surface area contributed by atoms with Crippen LogP contribution in [0.5, 0.6) is 0 Å². The number of hydrogen-bond donors (Lipinski definition) is 2. The minimum absolute atomic E-state index is 0.131. The Morgan fingerprint density at radius 2 is 2.06 bits per heavy atom. The first-order valence-corrected chi connectivity index (χ1v) is 6.26. The van der Waals surface area contributed by atoms with Gasteiger partial charge in [-0.1, -0.05) is 13.8 Å². The highest BCUT2D eigenvalue weighted by Gasteiger charge is 2.26. The molecule has 2 heterocycles. The lowest BCUT2D eigenvalue weighted by atomic mass is 9.95. The van der Waals surface area contributed by atoms with Crippen molar-refractivity contribution in [1.82, 2.24) is 19.9 Å². The van der Waals surface area contributed by atoms with Gasteiger partial charge in [-0.3, -0.25) is 0 Å². The second kappa shape index (κ2) is 4.87. The van der Waals surface area contributed by atoms with Crippen molar-refractivity contribution in [3.63, 3.8) is 0 Å². The van der Waals surface area contributed by atoms with Crippen molar-refractivity contribution < 1.29 is 0 Å². The first-order valence-electron chi connectivity index (χ1n) is 5.73. The van der Waals surface area contributed by atoms with Crippen molar-refractivity contribution in [1.29, 1.82) is 0 Å². The molecule has 0 spiro atoms. The van der Waals surface area contributed by atoms with Crippen LogP contribution in [0, 0.1) is 0 Å². The van der Waals surface area contributed by atoms with E-state index in [0.29, 0.717) is 11.5 Å². The maximum atomic E-state index is 6.07. The Morgan fingerprint density at radius 3 is 2.71 bits per heavy atom. The number of nitrogens with zero attached hydrogens (tertiary/aromatic N) is 3. The predicted octanol–water partition coefficient (Wildman–Crippen LogP) is 2.56. The first-order chi connectivity index (χ1) is 8.24. The second-order valence-corrected chi connectivity index (χ2v) is 4.34. The highest BCUT2D eigenvalue weighted by molar-refractivity contribution is 6.18. The monoisotopic (exact) mass is 253 g/mol. The van der Waals surface area contributed by atoms with E-state index in [0.717, 1.165) is 24.2 Å². The number of halogens is 1. The maximum Gasteiger partial charge on any atom is 0.182 e. The Kier molecular flexibility index (Phi) is 3.47. The fourth-order valence-electron chi connectivity index (χ4n) is 1.76. The molecule has 0 bridgehead atoms. The van der Waals surface area contributed by atoms with Gasteiger partial charge in [-0.15, -0.1) is 11.6 Å². The zero-order chi connectivity index (χ0) is 12.3. The Morgan fingerprint density at radius 1 is 1.29 bits per heavy atom. The molecule has 0 saturated carbocycles. The predicted molar refractivity (Wildman–Crippen MR) is 69.3 cm³/mol. The van der Waals surface area contributed by atoms with E-state index in [1.165, 1.54) is 6.33 Å². The lowest BCUT2D eigenvalue weighted by molar-refractivity contribution is 0.483. The fourth-order valence-corrected chi connectivity index (χ4v) is 2.20. The van der Waals surface area contributed by atoms with Crippen LogP contribution in [-0.2, 0) is 0 Å². The van der Waals surface area contributed by atoms with Gasteiger partial charge in [-0.05, 0) is 12.8 Å². The number of aromatic nitrogens is 4. The quantitative estimate of drug-likeness (QED) is 0.804. The molecule has 0 aliphatic carbocycles. The van der Waals surface area contributed by atoms with E-state index in [-0.39, 0.29) is 5.54 Å². The summed E-state index contributed by atoms with van der Waals surface area (Å²) in [5.74, 6) is 1.30. The number of alkyl halides is 1. The smallest absolute Gasteiger partial charge is 0.182 e. The molecule has 17 heavy (non-hydrogen) atoms. The van der Waals surface area contributed by atoms with Crippen molar-refractivity contribution >= 4 is 28.6 Å².